The maximum absolute atomic E-state index is 2.65. The average Bonchev–Trinajstić information content (AvgIpc) is 2.13. The van der Waals surface area contributed by atoms with E-state index < -0.39 is 0 Å². The second-order valence-electron chi connectivity index (χ2n) is 5.69. The molecule has 5 saturated heterocycles. The lowest BCUT2D eigenvalue weighted by Crippen LogP contribution is -2.59. The molecule has 0 radical (unpaired) electrons. The fraction of sp³-hybridized carbons (Fsp3) is 1.00. The molecule has 5 aliphatic heterocycles. The number of piperidine rings is 2. The van der Waals surface area contributed by atoms with Gasteiger partial charge in [0.15, 0.2) is 0 Å². The normalized spacial score (nSPS) is 49.3. The van der Waals surface area contributed by atoms with Gasteiger partial charge in [-0.25, -0.2) is 0 Å². The van der Waals surface area contributed by atoms with Crippen LogP contribution in [-0.4, -0.2) is 49.1 Å². The fourth-order valence-electron chi connectivity index (χ4n) is 4.22. The van der Waals surface area contributed by atoms with Crippen LogP contribution < -0.4 is 0 Å². The van der Waals surface area contributed by atoms with E-state index in [1.165, 1.54) is 38.8 Å². The van der Waals surface area contributed by atoms with Gasteiger partial charge in [0.25, 0.3) is 0 Å². The molecule has 0 aromatic rings. The van der Waals surface area contributed by atoms with Crippen molar-refractivity contribution in [3.8, 4) is 0 Å². The van der Waals surface area contributed by atoms with Crippen molar-refractivity contribution in [2.45, 2.75) is 37.8 Å². The second kappa shape index (κ2) is 3.21. The maximum Gasteiger partial charge on any atom is 0.0133 e. The van der Waals surface area contributed by atoms with Crippen molar-refractivity contribution in [3.05, 3.63) is 0 Å². The standard InChI is InChI=1S/C12H22N2/c1-13-7-9-3-5-11(13)10-4-6-12(9)14(2)8-10/h9-12H,3-8H2,1-2H3. The van der Waals surface area contributed by atoms with Gasteiger partial charge in [-0.3, -0.25) is 0 Å². The van der Waals surface area contributed by atoms with Crippen LogP contribution in [0.4, 0.5) is 0 Å². The lowest BCUT2D eigenvalue weighted by atomic mass is 9.72. The number of nitrogens with zero attached hydrogens (tertiary/aromatic N) is 2. The van der Waals surface area contributed by atoms with Crippen molar-refractivity contribution in [1.82, 2.24) is 9.80 Å². The first-order valence-corrected chi connectivity index (χ1v) is 6.16. The molecule has 4 atom stereocenters. The van der Waals surface area contributed by atoms with E-state index in [0.29, 0.717) is 0 Å². The molecule has 4 bridgehead atoms. The molecule has 6 rings (SSSR count). The molecule has 4 unspecified atom stereocenters. The molecule has 1 aliphatic carbocycles. The third-order valence-electron chi connectivity index (χ3n) is 4.93. The van der Waals surface area contributed by atoms with Crippen LogP contribution in [0.3, 0.4) is 0 Å². The maximum atomic E-state index is 2.65. The predicted molar refractivity (Wildman–Crippen MR) is 58.3 cm³/mol. The monoisotopic (exact) mass is 194 g/mol. The van der Waals surface area contributed by atoms with Crippen LogP contribution in [0.15, 0.2) is 0 Å². The zero-order valence-corrected chi connectivity index (χ0v) is 9.45. The van der Waals surface area contributed by atoms with Gasteiger partial charge in [-0.05, 0) is 51.6 Å². The van der Waals surface area contributed by atoms with Gasteiger partial charge in [0.2, 0.25) is 0 Å². The van der Waals surface area contributed by atoms with Crippen molar-refractivity contribution in [2.75, 3.05) is 27.2 Å². The van der Waals surface area contributed by atoms with Gasteiger partial charge < -0.3 is 9.80 Å². The lowest BCUT2D eigenvalue weighted by Gasteiger charge is -2.54. The minimum Gasteiger partial charge on any atom is -0.303 e. The van der Waals surface area contributed by atoms with E-state index in [0.717, 1.165) is 23.9 Å². The Kier molecular flexibility index (Phi) is 2.10. The summed E-state index contributed by atoms with van der Waals surface area (Å²) in [5, 5.41) is 0. The first-order chi connectivity index (χ1) is 6.75. The minimum atomic E-state index is 0.898. The third-order valence-corrected chi connectivity index (χ3v) is 4.93. The summed E-state index contributed by atoms with van der Waals surface area (Å²) in [5.74, 6) is 1.92. The van der Waals surface area contributed by atoms with Gasteiger partial charge >= 0.3 is 0 Å². The highest BCUT2D eigenvalue weighted by Crippen LogP contribution is 2.40. The van der Waals surface area contributed by atoms with Gasteiger partial charge in [0, 0.05) is 25.2 Å². The summed E-state index contributed by atoms with van der Waals surface area (Å²) in [6.07, 6.45) is 5.91. The molecule has 2 nitrogen and oxygen atoms in total. The summed E-state index contributed by atoms with van der Waals surface area (Å²) in [6.45, 7) is 2.71. The van der Waals surface area contributed by atoms with Crippen LogP contribution in [0, 0.1) is 11.8 Å². The molecule has 0 amide bonds. The van der Waals surface area contributed by atoms with E-state index in [2.05, 4.69) is 23.9 Å². The summed E-state index contributed by atoms with van der Waals surface area (Å²) >= 11 is 0. The van der Waals surface area contributed by atoms with E-state index in [1.54, 1.807) is 0 Å². The highest BCUT2D eigenvalue weighted by molar-refractivity contribution is 4.98. The highest BCUT2D eigenvalue weighted by Gasteiger charge is 2.43. The SMILES string of the molecule is CN1CC2CCC1C1CCC2N(C)C1. The zero-order chi connectivity index (χ0) is 9.71. The molecule has 80 valence electrons. The Balaban J connectivity index is 1.91. The van der Waals surface area contributed by atoms with Crippen LogP contribution in [0.2, 0.25) is 0 Å². The predicted octanol–water partition coefficient (Wildman–Crippen LogP) is 1.42. The highest BCUT2D eigenvalue weighted by atomic mass is 15.2. The van der Waals surface area contributed by atoms with Gasteiger partial charge in [-0.2, -0.15) is 0 Å². The largest absolute Gasteiger partial charge is 0.303 e. The summed E-state index contributed by atoms with van der Waals surface area (Å²) in [7, 11) is 4.69. The number of rotatable bonds is 0. The van der Waals surface area contributed by atoms with E-state index in [-0.39, 0.29) is 0 Å². The smallest absolute Gasteiger partial charge is 0.0133 e. The van der Waals surface area contributed by atoms with E-state index in [9.17, 15) is 0 Å². The van der Waals surface area contributed by atoms with E-state index in [1.807, 2.05) is 0 Å². The van der Waals surface area contributed by atoms with E-state index >= 15 is 0 Å². The van der Waals surface area contributed by atoms with E-state index in [4.69, 9.17) is 0 Å². The molecule has 0 N–H and O–H groups in total. The van der Waals surface area contributed by atoms with Gasteiger partial charge in [-0.1, -0.05) is 0 Å². The Morgan fingerprint density at radius 1 is 0.714 bits per heavy atom. The van der Waals surface area contributed by atoms with Crippen LogP contribution >= 0.6 is 0 Å². The topological polar surface area (TPSA) is 6.48 Å². The fourth-order valence-corrected chi connectivity index (χ4v) is 4.22. The molecular formula is C12H22N2. The Morgan fingerprint density at radius 3 is 1.50 bits per heavy atom. The van der Waals surface area contributed by atoms with Gasteiger partial charge in [0.1, 0.15) is 0 Å². The van der Waals surface area contributed by atoms with Gasteiger partial charge in [-0.15, -0.1) is 0 Å². The molecule has 0 aromatic carbocycles. The summed E-state index contributed by atoms with van der Waals surface area (Å²) < 4.78 is 0. The lowest BCUT2D eigenvalue weighted by molar-refractivity contribution is -0.0381. The van der Waals surface area contributed by atoms with Crippen molar-refractivity contribution in [2.24, 2.45) is 11.8 Å². The van der Waals surface area contributed by atoms with Crippen molar-refractivity contribution >= 4 is 0 Å². The molecule has 2 heteroatoms. The molecule has 6 fully saturated rings. The Hall–Kier alpha value is -0.0800. The molecule has 0 aromatic heterocycles. The Morgan fingerprint density at radius 2 is 1.14 bits per heavy atom. The summed E-state index contributed by atoms with van der Waals surface area (Å²) in [5.41, 5.74) is 0. The van der Waals surface area contributed by atoms with Crippen molar-refractivity contribution in [3.63, 3.8) is 0 Å². The molecule has 1 saturated carbocycles. The van der Waals surface area contributed by atoms with Crippen LogP contribution in [0.5, 0.6) is 0 Å². The minimum absolute atomic E-state index is 0.898. The Bertz CT molecular complexity index is 204. The van der Waals surface area contributed by atoms with Crippen molar-refractivity contribution < 1.29 is 0 Å². The quantitative estimate of drug-likeness (QED) is 0.575. The molecule has 0 spiro atoms. The number of hydrogen-bond acceptors (Lipinski definition) is 2. The molecule has 6 aliphatic rings. The van der Waals surface area contributed by atoms with Crippen LogP contribution in [0.25, 0.3) is 0 Å². The Labute approximate surface area is 87.3 Å². The second-order valence-corrected chi connectivity index (χ2v) is 5.69. The zero-order valence-electron chi connectivity index (χ0n) is 9.45. The van der Waals surface area contributed by atoms with Gasteiger partial charge in [0.05, 0.1) is 0 Å². The first-order valence-electron chi connectivity index (χ1n) is 6.16. The van der Waals surface area contributed by atoms with Crippen molar-refractivity contribution in [1.29, 1.82) is 0 Å². The molecular weight excluding hydrogens is 172 g/mol. The molecule has 5 heterocycles. The summed E-state index contributed by atoms with van der Waals surface area (Å²) in [4.78, 5) is 5.30. The number of hydrogen-bond donors (Lipinski definition) is 0. The van der Waals surface area contributed by atoms with Crippen LogP contribution in [-0.2, 0) is 0 Å². The molecule has 14 heavy (non-hydrogen) atoms. The average molecular weight is 194 g/mol. The summed E-state index contributed by atoms with van der Waals surface area (Å²) in [6, 6.07) is 1.80. The van der Waals surface area contributed by atoms with Crippen LogP contribution in [0.1, 0.15) is 25.7 Å². The first kappa shape index (κ1) is 9.17. The third kappa shape index (κ3) is 1.24.